The van der Waals surface area contributed by atoms with Gasteiger partial charge in [-0.15, -0.1) is 0 Å². The van der Waals surface area contributed by atoms with Gasteiger partial charge in [-0.1, -0.05) is 30.3 Å². The Kier molecular flexibility index (Phi) is 6.89. The highest BCUT2D eigenvalue weighted by Gasteiger charge is 2.28. The lowest BCUT2D eigenvalue weighted by Crippen LogP contribution is -2.55. The van der Waals surface area contributed by atoms with Gasteiger partial charge in [-0.2, -0.15) is 0 Å². The first-order chi connectivity index (χ1) is 13.1. The van der Waals surface area contributed by atoms with E-state index in [1.54, 1.807) is 0 Å². The van der Waals surface area contributed by atoms with Gasteiger partial charge in [0.2, 0.25) is 0 Å². The molecule has 1 unspecified atom stereocenters. The third kappa shape index (κ3) is 5.10. The van der Waals surface area contributed by atoms with E-state index < -0.39 is 0 Å². The van der Waals surface area contributed by atoms with Crippen LogP contribution in [0.4, 0.5) is 11.4 Å². The maximum Gasteiger partial charge on any atom is 0.0446 e. The van der Waals surface area contributed by atoms with Gasteiger partial charge >= 0.3 is 0 Å². The molecule has 0 radical (unpaired) electrons. The van der Waals surface area contributed by atoms with E-state index in [0.717, 1.165) is 32.6 Å². The zero-order valence-corrected chi connectivity index (χ0v) is 16.9. The Morgan fingerprint density at radius 3 is 2.30 bits per heavy atom. The number of benzene rings is 2. The van der Waals surface area contributed by atoms with E-state index in [-0.39, 0.29) is 6.61 Å². The average molecular weight is 368 g/mol. The van der Waals surface area contributed by atoms with Gasteiger partial charge in [-0.05, 0) is 50.1 Å². The SMILES string of the molecule is CC(C)N1CCN(Cc2ccc(N(C)c3ccccc3)cc2)CC1CCO. The summed E-state index contributed by atoms with van der Waals surface area (Å²) >= 11 is 0. The van der Waals surface area contributed by atoms with E-state index in [4.69, 9.17) is 0 Å². The van der Waals surface area contributed by atoms with Crippen molar-refractivity contribution < 1.29 is 5.11 Å². The van der Waals surface area contributed by atoms with Crippen molar-refractivity contribution in [1.82, 2.24) is 9.80 Å². The van der Waals surface area contributed by atoms with Crippen LogP contribution in [0.25, 0.3) is 0 Å². The van der Waals surface area contributed by atoms with Crippen molar-refractivity contribution in [3.63, 3.8) is 0 Å². The Labute approximate surface area is 164 Å². The third-order valence-electron chi connectivity index (χ3n) is 5.61. The first-order valence-electron chi connectivity index (χ1n) is 10.0. The molecule has 0 amide bonds. The van der Waals surface area contributed by atoms with Crippen molar-refractivity contribution in [3.8, 4) is 0 Å². The Morgan fingerprint density at radius 2 is 1.67 bits per heavy atom. The Bertz CT molecular complexity index is 687. The van der Waals surface area contributed by atoms with Crippen LogP contribution < -0.4 is 4.90 Å². The lowest BCUT2D eigenvalue weighted by molar-refractivity contribution is 0.0349. The Morgan fingerprint density at radius 1 is 1.00 bits per heavy atom. The number of aliphatic hydroxyl groups excluding tert-OH is 1. The predicted octanol–water partition coefficient (Wildman–Crippen LogP) is 3.73. The van der Waals surface area contributed by atoms with Crippen molar-refractivity contribution >= 4 is 11.4 Å². The van der Waals surface area contributed by atoms with Crippen LogP contribution in [0.3, 0.4) is 0 Å². The molecule has 0 aliphatic carbocycles. The smallest absolute Gasteiger partial charge is 0.0446 e. The van der Waals surface area contributed by atoms with Crippen LogP contribution >= 0.6 is 0 Å². The highest BCUT2D eigenvalue weighted by Crippen LogP contribution is 2.24. The normalized spacial score (nSPS) is 18.8. The van der Waals surface area contributed by atoms with E-state index >= 15 is 0 Å². The lowest BCUT2D eigenvalue weighted by Gasteiger charge is -2.43. The Balaban J connectivity index is 1.61. The van der Waals surface area contributed by atoms with Crippen LogP contribution in [0.1, 0.15) is 25.8 Å². The average Bonchev–Trinajstić information content (AvgIpc) is 2.69. The highest BCUT2D eigenvalue weighted by atomic mass is 16.3. The molecule has 3 rings (SSSR count). The molecule has 0 aromatic heterocycles. The van der Waals surface area contributed by atoms with Crippen LogP contribution in [-0.2, 0) is 6.54 Å². The predicted molar refractivity (Wildman–Crippen MR) is 114 cm³/mol. The molecule has 1 aliphatic rings. The van der Waals surface area contributed by atoms with Gasteiger partial charge in [-0.3, -0.25) is 9.80 Å². The van der Waals surface area contributed by atoms with Crippen LogP contribution in [0.2, 0.25) is 0 Å². The molecule has 1 aliphatic heterocycles. The first kappa shape index (κ1) is 19.9. The summed E-state index contributed by atoms with van der Waals surface area (Å²) in [4.78, 5) is 7.27. The molecule has 27 heavy (non-hydrogen) atoms. The number of hydrogen-bond acceptors (Lipinski definition) is 4. The molecule has 4 heteroatoms. The van der Waals surface area contributed by atoms with Crippen molar-refractivity contribution in [1.29, 1.82) is 0 Å². The van der Waals surface area contributed by atoms with Gasteiger partial charge in [0, 0.05) is 63.3 Å². The minimum atomic E-state index is 0.266. The summed E-state index contributed by atoms with van der Waals surface area (Å²) < 4.78 is 0. The maximum absolute atomic E-state index is 9.42. The van der Waals surface area contributed by atoms with Gasteiger partial charge in [0.15, 0.2) is 0 Å². The second-order valence-corrected chi connectivity index (χ2v) is 7.79. The summed E-state index contributed by atoms with van der Waals surface area (Å²) in [5, 5.41) is 9.42. The quantitative estimate of drug-likeness (QED) is 0.808. The van der Waals surface area contributed by atoms with Crippen molar-refractivity contribution in [2.45, 2.75) is 38.9 Å². The van der Waals surface area contributed by atoms with Crippen molar-refractivity contribution in [2.24, 2.45) is 0 Å². The molecule has 2 aromatic carbocycles. The summed E-state index contributed by atoms with van der Waals surface area (Å²) in [6.07, 6.45) is 0.857. The largest absolute Gasteiger partial charge is 0.396 e. The molecule has 1 saturated heterocycles. The fourth-order valence-corrected chi connectivity index (χ4v) is 4.05. The van der Waals surface area contributed by atoms with Gasteiger partial charge in [0.1, 0.15) is 0 Å². The van der Waals surface area contributed by atoms with Crippen molar-refractivity contribution in [3.05, 3.63) is 60.2 Å². The van der Waals surface area contributed by atoms with Gasteiger partial charge in [0.25, 0.3) is 0 Å². The first-order valence-corrected chi connectivity index (χ1v) is 10.0. The molecule has 146 valence electrons. The second-order valence-electron chi connectivity index (χ2n) is 7.79. The molecule has 2 aromatic rings. The molecule has 1 atom stereocenters. The summed E-state index contributed by atoms with van der Waals surface area (Å²) in [6, 6.07) is 20.3. The molecule has 1 N–H and O–H groups in total. The summed E-state index contributed by atoms with van der Waals surface area (Å²) in [5.74, 6) is 0. The van der Waals surface area contributed by atoms with Gasteiger partial charge in [-0.25, -0.2) is 0 Å². The summed E-state index contributed by atoms with van der Waals surface area (Å²) in [7, 11) is 2.11. The molecule has 0 spiro atoms. The molecule has 1 heterocycles. The van der Waals surface area contributed by atoms with E-state index in [2.05, 4.69) is 84.1 Å². The minimum absolute atomic E-state index is 0.266. The van der Waals surface area contributed by atoms with Crippen molar-refractivity contribution in [2.75, 3.05) is 38.2 Å². The summed E-state index contributed by atoms with van der Waals surface area (Å²) in [5.41, 5.74) is 3.75. The minimum Gasteiger partial charge on any atom is -0.396 e. The second kappa shape index (κ2) is 9.36. The van der Waals surface area contributed by atoms with Gasteiger partial charge in [0.05, 0.1) is 0 Å². The number of para-hydroxylation sites is 1. The molecule has 4 nitrogen and oxygen atoms in total. The van der Waals surface area contributed by atoms with E-state index in [1.165, 1.54) is 16.9 Å². The molecular formula is C23H33N3O. The zero-order chi connectivity index (χ0) is 19.2. The summed E-state index contributed by atoms with van der Waals surface area (Å²) in [6.45, 7) is 8.95. The van der Waals surface area contributed by atoms with Crippen LogP contribution in [0.5, 0.6) is 0 Å². The van der Waals surface area contributed by atoms with E-state index in [0.29, 0.717) is 12.1 Å². The molecular weight excluding hydrogens is 334 g/mol. The number of aliphatic hydroxyl groups is 1. The fraction of sp³-hybridized carbons (Fsp3) is 0.478. The number of nitrogens with zero attached hydrogens (tertiary/aromatic N) is 3. The number of anilines is 2. The topological polar surface area (TPSA) is 30.0 Å². The molecule has 0 saturated carbocycles. The standard InChI is InChI=1S/C23H33N3O/c1-19(2)26-15-14-25(18-23(26)13-16-27)17-20-9-11-22(12-10-20)24(3)21-7-5-4-6-8-21/h4-12,19,23,27H,13-18H2,1-3H3. The zero-order valence-electron chi connectivity index (χ0n) is 16.9. The number of piperazine rings is 1. The van der Waals surface area contributed by atoms with Crippen LogP contribution in [0, 0.1) is 0 Å². The number of hydrogen-bond donors (Lipinski definition) is 1. The van der Waals surface area contributed by atoms with E-state index in [9.17, 15) is 5.11 Å². The van der Waals surface area contributed by atoms with Crippen LogP contribution in [-0.4, -0.2) is 60.3 Å². The Hall–Kier alpha value is -1.88. The van der Waals surface area contributed by atoms with Crippen LogP contribution in [0.15, 0.2) is 54.6 Å². The third-order valence-corrected chi connectivity index (χ3v) is 5.61. The lowest BCUT2D eigenvalue weighted by atomic mass is 10.1. The van der Waals surface area contributed by atoms with Gasteiger partial charge < -0.3 is 10.0 Å². The van der Waals surface area contributed by atoms with E-state index in [1.807, 2.05) is 6.07 Å². The maximum atomic E-state index is 9.42. The molecule has 1 fully saturated rings. The fourth-order valence-electron chi connectivity index (χ4n) is 4.05. The number of rotatable bonds is 7. The monoisotopic (exact) mass is 367 g/mol. The highest BCUT2D eigenvalue weighted by molar-refractivity contribution is 5.62. The molecule has 0 bridgehead atoms.